The van der Waals surface area contributed by atoms with Gasteiger partial charge in [-0.1, -0.05) is 23.8 Å². The van der Waals surface area contributed by atoms with E-state index in [0.717, 1.165) is 19.4 Å². The molecule has 90 valence electrons. The molecular weight excluding hydrogens is 228 g/mol. The molecule has 0 aliphatic heterocycles. The molecule has 0 aliphatic carbocycles. The molecule has 0 fully saturated rings. The van der Waals surface area contributed by atoms with Crippen molar-refractivity contribution in [3.63, 3.8) is 0 Å². The number of hydrogen-bond acceptors (Lipinski definition) is 3. The van der Waals surface area contributed by atoms with Gasteiger partial charge in [0.25, 0.3) is 0 Å². The van der Waals surface area contributed by atoms with E-state index in [9.17, 15) is 0 Å². The van der Waals surface area contributed by atoms with Crippen molar-refractivity contribution in [1.29, 1.82) is 0 Å². The van der Waals surface area contributed by atoms with Crippen molar-refractivity contribution in [3.8, 4) is 10.4 Å². The first-order valence-electron chi connectivity index (χ1n) is 5.93. The summed E-state index contributed by atoms with van der Waals surface area (Å²) in [7, 11) is 0. The number of aromatic nitrogens is 1. The van der Waals surface area contributed by atoms with E-state index < -0.39 is 0 Å². The van der Waals surface area contributed by atoms with Crippen LogP contribution in [0.25, 0.3) is 10.4 Å². The minimum atomic E-state index is 0.735. The van der Waals surface area contributed by atoms with Crippen LogP contribution < -0.4 is 5.73 Å². The topological polar surface area (TPSA) is 38.9 Å². The monoisotopic (exact) mass is 246 g/mol. The van der Waals surface area contributed by atoms with E-state index in [4.69, 9.17) is 5.73 Å². The molecule has 2 rings (SSSR count). The van der Waals surface area contributed by atoms with Crippen LogP contribution in [0, 0.1) is 13.8 Å². The number of hydrogen-bond donors (Lipinski definition) is 1. The molecule has 0 aliphatic rings. The van der Waals surface area contributed by atoms with E-state index in [1.807, 2.05) is 6.20 Å². The van der Waals surface area contributed by atoms with Crippen molar-refractivity contribution in [2.75, 3.05) is 6.54 Å². The summed E-state index contributed by atoms with van der Waals surface area (Å²) in [6.07, 6.45) is 3.99. The zero-order valence-corrected chi connectivity index (χ0v) is 11.2. The second-order valence-electron chi connectivity index (χ2n) is 4.33. The fourth-order valence-electron chi connectivity index (χ4n) is 1.80. The molecule has 2 N–H and O–H groups in total. The molecule has 0 saturated heterocycles. The van der Waals surface area contributed by atoms with Crippen molar-refractivity contribution in [1.82, 2.24) is 4.98 Å². The van der Waals surface area contributed by atoms with E-state index in [1.165, 1.54) is 26.6 Å². The maximum Gasteiger partial charge on any atom is 0.0931 e. The zero-order chi connectivity index (χ0) is 12.3. The van der Waals surface area contributed by atoms with E-state index in [2.05, 4.69) is 37.0 Å². The summed E-state index contributed by atoms with van der Waals surface area (Å²) in [4.78, 5) is 5.73. The van der Waals surface area contributed by atoms with Crippen LogP contribution in [0.1, 0.15) is 22.6 Å². The molecule has 17 heavy (non-hydrogen) atoms. The fourth-order valence-corrected chi connectivity index (χ4v) is 2.85. The Hall–Kier alpha value is -1.19. The van der Waals surface area contributed by atoms with Gasteiger partial charge in [0.15, 0.2) is 0 Å². The van der Waals surface area contributed by atoms with Crippen molar-refractivity contribution in [2.45, 2.75) is 26.7 Å². The Morgan fingerprint density at radius 3 is 2.88 bits per heavy atom. The highest BCUT2D eigenvalue weighted by Gasteiger charge is 2.07. The van der Waals surface area contributed by atoms with E-state index in [-0.39, 0.29) is 0 Å². The summed E-state index contributed by atoms with van der Waals surface area (Å²) in [5, 5.41) is 1.19. The molecule has 0 spiro atoms. The molecule has 0 bridgehead atoms. The molecule has 0 amide bonds. The molecule has 0 saturated carbocycles. The second-order valence-corrected chi connectivity index (χ2v) is 5.44. The second kappa shape index (κ2) is 5.43. The highest BCUT2D eigenvalue weighted by molar-refractivity contribution is 7.15. The Kier molecular flexibility index (Phi) is 3.92. The maximum atomic E-state index is 5.52. The van der Waals surface area contributed by atoms with Crippen LogP contribution in [0.15, 0.2) is 24.4 Å². The predicted molar refractivity (Wildman–Crippen MR) is 74.4 cm³/mol. The largest absolute Gasteiger partial charge is 0.330 e. The normalized spacial score (nSPS) is 10.8. The third-order valence-corrected chi connectivity index (χ3v) is 3.90. The van der Waals surface area contributed by atoms with Crippen LogP contribution in [0.2, 0.25) is 0 Å². The number of rotatable bonds is 4. The van der Waals surface area contributed by atoms with Gasteiger partial charge < -0.3 is 5.73 Å². The Bertz CT molecular complexity index is 503. The van der Waals surface area contributed by atoms with Crippen molar-refractivity contribution in [2.24, 2.45) is 5.73 Å². The quantitative estimate of drug-likeness (QED) is 0.898. The number of aryl methyl sites for hydroxylation is 3. The number of benzene rings is 1. The predicted octanol–water partition coefficient (Wildman–Crippen LogP) is 3.32. The highest BCUT2D eigenvalue weighted by Crippen LogP contribution is 2.30. The average molecular weight is 246 g/mol. The molecule has 0 radical (unpaired) electrons. The van der Waals surface area contributed by atoms with Crippen LogP contribution in [-0.2, 0) is 6.42 Å². The van der Waals surface area contributed by atoms with Gasteiger partial charge in [0, 0.05) is 12.6 Å². The minimum absolute atomic E-state index is 0.735. The third kappa shape index (κ3) is 2.93. The van der Waals surface area contributed by atoms with Gasteiger partial charge in [-0.25, -0.2) is 4.98 Å². The smallest absolute Gasteiger partial charge is 0.0931 e. The van der Waals surface area contributed by atoms with Crippen LogP contribution in [0.4, 0.5) is 0 Å². The Labute approximate surface area is 107 Å². The molecule has 0 atom stereocenters. The number of nitrogens with zero attached hydrogens (tertiary/aromatic N) is 1. The summed E-state index contributed by atoms with van der Waals surface area (Å²) in [6.45, 7) is 5.01. The van der Waals surface area contributed by atoms with Gasteiger partial charge in [-0.3, -0.25) is 0 Å². The maximum absolute atomic E-state index is 5.52. The highest BCUT2D eigenvalue weighted by atomic mass is 32.1. The fraction of sp³-hybridized carbons (Fsp3) is 0.357. The van der Waals surface area contributed by atoms with Crippen molar-refractivity contribution < 1.29 is 0 Å². The van der Waals surface area contributed by atoms with Gasteiger partial charge in [-0.05, 0) is 37.9 Å². The number of nitrogens with two attached hydrogens (primary N) is 1. The zero-order valence-electron chi connectivity index (χ0n) is 10.4. The lowest BCUT2D eigenvalue weighted by Crippen LogP contribution is -1.99. The summed E-state index contributed by atoms with van der Waals surface area (Å²) in [6, 6.07) is 6.55. The molecule has 3 heteroatoms. The van der Waals surface area contributed by atoms with Gasteiger partial charge in [0.1, 0.15) is 0 Å². The van der Waals surface area contributed by atoms with Crippen LogP contribution >= 0.6 is 11.3 Å². The van der Waals surface area contributed by atoms with Crippen molar-refractivity contribution >= 4 is 11.3 Å². The summed E-state index contributed by atoms with van der Waals surface area (Å²) in [5.74, 6) is 0. The Morgan fingerprint density at radius 1 is 1.29 bits per heavy atom. The van der Waals surface area contributed by atoms with Gasteiger partial charge in [0.2, 0.25) is 0 Å². The molecule has 2 nitrogen and oxygen atoms in total. The van der Waals surface area contributed by atoms with Crippen LogP contribution in [-0.4, -0.2) is 11.5 Å². The summed E-state index contributed by atoms with van der Waals surface area (Å²) in [5.41, 5.74) is 9.43. The lowest BCUT2D eigenvalue weighted by Gasteiger charge is -2.03. The summed E-state index contributed by atoms with van der Waals surface area (Å²) < 4.78 is 0. The van der Waals surface area contributed by atoms with Crippen molar-refractivity contribution in [3.05, 3.63) is 40.5 Å². The third-order valence-electron chi connectivity index (χ3n) is 2.81. The SMILES string of the molecule is Cc1ccc(C)c(-c2cnc(CCCN)s2)c1. The van der Waals surface area contributed by atoms with E-state index >= 15 is 0 Å². The Morgan fingerprint density at radius 2 is 2.12 bits per heavy atom. The first-order chi connectivity index (χ1) is 8.20. The lowest BCUT2D eigenvalue weighted by atomic mass is 10.1. The lowest BCUT2D eigenvalue weighted by molar-refractivity contribution is 0.826. The molecule has 1 heterocycles. The van der Waals surface area contributed by atoms with Gasteiger partial charge >= 0.3 is 0 Å². The van der Waals surface area contributed by atoms with Gasteiger partial charge in [-0.2, -0.15) is 0 Å². The van der Waals surface area contributed by atoms with E-state index in [1.54, 1.807) is 11.3 Å². The molecule has 1 aromatic heterocycles. The van der Waals surface area contributed by atoms with Gasteiger partial charge in [-0.15, -0.1) is 11.3 Å². The molecular formula is C14H18N2S. The Balaban J connectivity index is 2.27. The van der Waals surface area contributed by atoms with Gasteiger partial charge in [0.05, 0.1) is 9.88 Å². The summed E-state index contributed by atoms with van der Waals surface area (Å²) >= 11 is 1.78. The minimum Gasteiger partial charge on any atom is -0.330 e. The molecule has 1 aromatic carbocycles. The average Bonchev–Trinajstić information content (AvgIpc) is 2.78. The van der Waals surface area contributed by atoms with Crippen LogP contribution in [0.5, 0.6) is 0 Å². The van der Waals surface area contributed by atoms with E-state index in [0.29, 0.717) is 0 Å². The number of thiazole rings is 1. The van der Waals surface area contributed by atoms with Crippen LogP contribution in [0.3, 0.4) is 0 Å². The first kappa shape index (κ1) is 12.3. The molecule has 2 aromatic rings. The molecule has 0 unspecified atom stereocenters. The first-order valence-corrected chi connectivity index (χ1v) is 6.75. The standard InChI is InChI=1S/C14H18N2S/c1-10-5-6-11(2)12(8-10)13-9-16-14(17-13)4-3-7-15/h5-6,8-9H,3-4,7,15H2,1-2H3.